The van der Waals surface area contributed by atoms with Crippen molar-refractivity contribution in [3.05, 3.63) is 74.6 Å². The average Bonchev–Trinajstić information content (AvgIpc) is 2.96. The zero-order valence-corrected chi connectivity index (χ0v) is 19.0. The zero-order chi connectivity index (χ0) is 25.2. The van der Waals surface area contributed by atoms with Gasteiger partial charge in [0.25, 0.3) is 5.69 Å². The number of benzene rings is 2. The van der Waals surface area contributed by atoms with Gasteiger partial charge < -0.3 is 10.1 Å². The van der Waals surface area contributed by atoms with E-state index >= 15 is 0 Å². The summed E-state index contributed by atoms with van der Waals surface area (Å²) in [7, 11) is 0. The highest BCUT2D eigenvalue weighted by molar-refractivity contribution is 6.30. The molecule has 0 radical (unpaired) electrons. The number of fused-ring (bicyclic) bond motifs is 1. The molecule has 0 atom stereocenters. The maximum Gasteiger partial charge on any atom is 0.435 e. The van der Waals surface area contributed by atoms with Crippen LogP contribution < -0.4 is 10.1 Å². The smallest absolute Gasteiger partial charge is 0.435 e. The highest BCUT2D eigenvalue weighted by Gasteiger charge is 2.39. The molecule has 0 saturated heterocycles. The average molecular weight is 509 g/mol. The Kier molecular flexibility index (Phi) is 6.97. The first-order chi connectivity index (χ1) is 16.6. The molecule has 0 saturated carbocycles. The number of nitro benzene ring substituents is 1. The summed E-state index contributed by atoms with van der Waals surface area (Å²) in [6.45, 7) is -0.464. The van der Waals surface area contributed by atoms with E-state index in [1.807, 2.05) is 0 Å². The molecule has 8 nitrogen and oxygen atoms in total. The number of nitro groups is 1. The number of nitrogens with zero attached hydrogens (tertiary/aromatic N) is 3. The fraction of sp³-hybridized carbons (Fsp3) is 0.304. The number of carbonyl (C=O) groups is 1. The lowest BCUT2D eigenvalue weighted by molar-refractivity contribution is -0.384. The maximum atomic E-state index is 13.5. The van der Waals surface area contributed by atoms with Gasteiger partial charge in [-0.15, -0.1) is 0 Å². The van der Waals surface area contributed by atoms with E-state index in [-0.39, 0.29) is 29.1 Å². The van der Waals surface area contributed by atoms with E-state index in [4.69, 9.17) is 16.3 Å². The van der Waals surface area contributed by atoms with Gasteiger partial charge in [0.1, 0.15) is 18.0 Å². The summed E-state index contributed by atoms with van der Waals surface area (Å²) in [5.74, 6) is -0.221. The molecule has 1 amide bonds. The van der Waals surface area contributed by atoms with Crippen molar-refractivity contribution in [1.29, 1.82) is 0 Å². The Labute approximate surface area is 202 Å². The van der Waals surface area contributed by atoms with Crippen LogP contribution >= 0.6 is 11.6 Å². The molecule has 1 N–H and O–H groups in total. The number of alkyl halides is 3. The Morgan fingerprint density at radius 1 is 1.11 bits per heavy atom. The van der Waals surface area contributed by atoms with E-state index < -0.39 is 29.2 Å². The molecule has 1 aliphatic carbocycles. The van der Waals surface area contributed by atoms with Gasteiger partial charge in [-0.2, -0.15) is 18.3 Å². The molecule has 1 heterocycles. The van der Waals surface area contributed by atoms with Crippen LogP contribution in [-0.2, 0) is 30.4 Å². The third kappa shape index (κ3) is 5.91. The van der Waals surface area contributed by atoms with Gasteiger partial charge >= 0.3 is 6.18 Å². The van der Waals surface area contributed by atoms with E-state index in [1.54, 1.807) is 24.3 Å². The van der Waals surface area contributed by atoms with Gasteiger partial charge in [-0.25, -0.2) is 0 Å². The fourth-order valence-electron chi connectivity index (χ4n) is 4.00. The standard InChI is InChI=1S/C23H20ClF3N4O4/c24-14-6-8-17(9-7-14)35-18-11-15(10-16(12-18)31(33)34)28-21(32)13-30-20-5-3-1-2-4-19(20)22(29-30)23(25,26)27/h6-12H,1-5,13H2,(H,28,32). The largest absolute Gasteiger partial charge is 0.457 e. The van der Waals surface area contributed by atoms with Crippen LogP contribution in [0, 0.1) is 10.1 Å². The van der Waals surface area contributed by atoms with Gasteiger partial charge in [-0.05, 0) is 49.9 Å². The van der Waals surface area contributed by atoms with E-state index in [2.05, 4.69) is 10.4 Å². The lowest BCUT2D eigenvalue weighted by Gasteiger charge is -2.11. The van der Waals surface area contributed by atoms with Crippen molar-refractivity contribution in [3.63, 3.8) is 0 Å². The van der Waals surface area contributed by atoms with Crippen molar-refractivity contribution in [2.45, 2.75) is 44.8 Å². The molecule has 184 valence electrons. The molecule has 12 heteroatoms. The molecule has 1 aliphatic rings. The van der Waals surface area contributed by atoms with Gasteiger partial charge in [0.2, 0.25) is 5.91 Å². The highest BCUT2D eigenvalue weighted by Crippen LogP contribution is 2.35. The second-order valence-electron chi connectivity index (χ2n) is 8.07. The summed E-state index contributed by atoms with van der Waals surface area (Å²) < 4.78 is 47.3. The van der Waals surface area contributed by atoms with Crippen LogP contribution in [0.4, 0.5) is 24.5 Å². The highest BCUT2D eigenvalue weighted by atomic mass is 35.5. The van der Waals surface area contributed by atoms with Crippen molar-refractivity contribution in [3.8, 4) is 11.5 Å². The van der Waals surface area contributed by atoms with Crippen LogP contribution in [-0.4, -0.2) is 20.6 Å². The number of amides is 1. The normalized spacial score (nSPS) is 13.6. The maximum absolute atomic E-state index is 13.5. The van der Waals surface area contributed by atoms with Gasteiger partial charge in [0, 0.05) is 28.4 Å². The number of halogens is 4. The number of non-ortho nitro benzene ring substituents is 1. The van der Waals surface area contributed by atoms with Crippen LogP contribution in [0.3, 0.4) is 0 Å². The van der Waals surface area contributed by atoms with Crippen molar-refractivity contribution in [2.75, 3.05) is 5.32 Å². The summed E-state index contributed by atoms with van der Waals surface area (Å²) in [6.07, 6.45) is -1.86. The molecule has 0 aliphatic heterocycles. The van der Waals surface area contributed by atoms with E-state index in [9.17, 15) is 28.1 Å². The molecular formula is C23H20ClF3N4O4. The van der Waals surface area contributed by atoms with Crippen molar-refractivity contribution in [2.24, 2.45) is 0 Å². The molecule has 0 unspecified atom stereocenters. The van der Waals surface area contributed by atoms with Crippen LogP contribution in [0.1, 0.15) is 36.2 Å². The molecule has 0 bridgehead atoms. The predicted octanol–water partition coefficient (Wildman–Crippen LogP) is 6.16. The van der Waals surface area contributed by atoms with E-state index in [0.717, 1.165) is 17.2 Å². The number of aromatic nitrogens is 2. The summed E-state index contributed by atoms with van der Waals surface area (Å²) in [6, 6.07) is 10.0. The van der Waals surface area contributed by atoms with Crippen molar-refractivity contribution >= 4 is 28.9 Å². The predicted molar refractivity (Wildman–Crippen MR) is 122 cm³/mol. The zero-order valence-electron chi connectivity index (χ0n) is 18.3. The summed E-state index contributed by atoms with van der Waals surface area (Å²) in [5, 5.41) is 18.1. The second-order valence-corrected chi connectivity index (χ2v) is 8.50. The topological polar surface area (TPSA) is 99.3 Å². The molecule has 1 aromatic heterocycles. The van der Waals surface area contributed by atoms with Crippen LogP contribution in [0.25, 0.3) is 0 Å². The van der Waals surface area contributed by atoms with Gasteiger partial charge in [-0.1, -0.05) is 18.0 Å². The first kappa shape index (κ1) is 24.5. The lowest BCUT2D eigenvalue weighted by Crippen LogP contribution is -2.21. The van der Waals surface area contributed by atoms with E-state index in [1.165, 1.54) is 12.1 Å². The molecule has 2 aromatic carbocycles. The number of hydrogen-bond acceptors (Lipinski definition) is 5. The number of nitrogens with one attached hydrogen (secondary N) is 1. The third-order valence-corrected chi connectivity index (χ3v) is 5.76. The van der Waals surface area contributed by atoms with Crippen molar-refractivity contribution < 1.29 is 27.6 Å². The van der Waals surface area contributed by atoms with Gasteiger partial charge in [-0.3, -0.25) is 19.6 Å². The fourth-order valence-corrected chi connectivity index (χ4v) is 4.13. The quantitative estimate of drug-likeness (QED) is 0.244. The molecule has 4 rings (SSSR count). The Hall–Kier alpha value is -3.60. The minimum absolute atomic E-state index is 0.0578. The SMILES string of the molecule is O=C(Cn1nc(C(F)(F)F)c2c1CCCCC2)Nc1cc(Oc2ccc(Cl)cc2)cc([N+](=O)[O-])c1. The van der Waals surface area contributed by atoms with Crippen LogP contribution in [0.2, 0.25) is 5.02 Å². The monoisotopic (exact) mass is 508 g/mol. The van der Waals surface area contributed by atoms with Crippen LogP contribution in [0.15, 0.2) is 42.5 Å². The Balaban J connectivity index is 1.57. The number of anilines is 1. The Morgan fingerprint density at radius 2 is 1.83 bits per heavy atom. The summed E-state index contributed by atoms with van der Waals surface area (Å²) in [4.78, 5) is 23.4. The summed E-state index contributed by atoms with van der Waals surface area (Å²) in [5.41, 5.74) is -0.703. The molecule has 0 fully saturated rings. The minimum Gasteiger partial charge on any atom is -0.457 e. The second kappa shape index (κ2) is 9.95. The first-order valence-electron chi connectivity index (χ1n) is 10.8. The minimum atomic E-state index is -4.62. The Morgan fingerprint density at radius 3 is 2.51 bits per heavy atom. The number of rotatable bonds is 6. The third-order valence-electron chi connectivity index (χ3n) is 5.50. The van der Waals surface area contributed by atoms with Gasteiger partial charge in [0.15, 0.2) is 5.69 Å². The molecule has 35 heavy (non-hydrogen) atoms. The van der Waals surface area contributed by atoms with E-state index in [0.29, 0.717) is 35.7 Å². The van der Waals surface area contributed by atoms with Crippen molar-refractivity contribution in [1.82, 2.24) is 9.78 Å². The first-order valence-corrected chi connectivity index (χ1v) is 11.2. The molecular weight excluding hydrogens is 489 g/mol. The molecule has 0 spiro atoms. The van der Waals surface area contributed by atoms with Gasteiger partial charge in [0.05, 0.1) is 16.7 Å². The number of hydrogen-bond donors (Lipinski definition) is 1. The molecule has 3 aromatic rings. The van der Waals surface area contributed by atoms with Crippen LogP contribution in [0.5, 0.6) is 11.5 Å². The summed E-state index contributed by atoms with van der Waals surface area (Å²) >= 11 is 5.85. The Bertz CT molecular complexity index is 1260. The lowest BCUT2D eigenvalue weighted by atomic mass is 10.1. The number of ether oxygens (including phenoxy) is 1. The number of carbonyl (C=O) groups excluding carboxylic acids is 1.